The number of fused-ring (bicyclic) bond motifs is 7. The molecule has 0 aromatic heterocycles. The molecule has 0 heterocycles. The van der Waals surface area contributed by atoms with E-state index in [0.717, 1.165) is 41.4 Å². The molecule has 5 fully saturated rings. The van der Waals surface area contributed by atoms with Crippen molar-refractivity contribution in [3.05, 3.63) is 12.2 Å². The molecule has 0 spiro atoms. The molecule has 0 saturated heterocycles. The van der Waals surface area contributed by atoms with Crippen LogP contribution in [0.1, 0.15) is 86.0 Å². The second-order valence-electron chi connectivity index (χ2n) is 12.1. The minimum Gasteiger partial charge on any atom is -0.0993 e. The summed E-state index contributed by atoms with van der Waals surface area (Å²) in [7, 11) is 0. The van der Waals surface area contributed by atoms with Crippen molar-refractivity contribution >= 4 is 0 Å². The Bertz CT molecular complexity index is 601. The summed E-state index contributed by atoms with van der Waals surface area (Å²) in [4.78, 5) is 0. The van der Waals surface area contributed by atoms with Crippen molar-refractivity contribution in [1.29, 1.82) is 0 Å². The van der Waals surface area contributed by atoms with Gasteiger partial charge in [0.15, 0.2) is 0 Å². The van der Waals surface area contributed by atoms with Gasteiger partial charge in [-0.2, -0.15) is 0 Å². The number of allylic oxidation sites excluding steroid dienone is 1. The zero-order valence-corrected chi connectivity index (χ0v) is 17.4. The van der Waals surface area contributed by atoms with E-state index in [1.165, 1.54) is 51.4 Å². The SMILES string of the molecule is C=C1CC[C@H]2CC3C4[C@@H]5[C@@H](C(C)C)CC[C@@]5(C)CC[C@]4(C)C[C@@H]3[C@@]12C. The summed E-state index contributed by atoms with van der Waals surface area (Å²) < 4.78 is 0. The lowest BCUT2D eigenvalue weighted by Gasteiger charge is -2.53. The van der Waals surface area contributed by atoms with Crippen molar-refractivity contribution < 1.29 is 0 Å². The van der Waals surface area contributed by atoms with E-state index in [4.69, 9.17) is 0 Å². The fraction of sp³-hybridized carbons (Fsp3) is 0.920. The summed E-state index contributed by atoms with van der Waals surface area (Å²) in [5, 5.41) is 0. The molecule has 0 bridgehead atoms. The number of hydrogen-bond acceptors (Lipinski definition) is 0. The number of rotatable bonds is 1. The van der Waals surface area contributed by atoms with Crippen LogP contribution in [0.15, 0.2) is 12.2 Å². The third kappa shape index (κ3) is 1.91. The van der Waals surface area contributed by atoms with Gasteiger partial charge in [-0.1, -0.05) is 46.8 Å². The maximum Gasteiger partial charge on any atom is -0.00594 e. The monoisotopic (exact) mass is 340 g/mol. The summed E-state index contributed by atoms with van der Waals surface area (Å²) in [6.45, 7) is 17.6. The standard InChI is InChI=1S/C25H40/c1-15(2)18-9-10-23(4)11-12-24(5)14-20-19(22(24)21(18)23)13-17-8-7-16(3)25(17,20)6/h15,17-22H,3,7-14H2,1-2,4-6H3/t17-,18+,19?,20-,21-,22?,23-,24+,25-/m0/s1. The van der Waals surface area contributed by atoms with Gasteiger partial charge in [0.2, 0.25) is 0 Å². The second kappa shape index (κ2) is 4.96. The summed E-state index contributed by atoms with van der Waals surface area (Å²) in [6, 6.07) is 0. The van der Waals surface area contributed by atoms with Crippen LogP contribution in [0, 0.1) is 57.7 Å². The van der Waals surface area contributed by atoms with Crippen LogP contribution in [-0.4, -0.2) is 0 Å². The molecule has 2 unspecified atom stereocenters. The van der Waals surface area contributed by atoms with Gasteiger partial charge in [0.05, 0.1) is 0 Å². The summed E-state index contributed by atoms with van der Waals surface area (Å²) in [5.74, 6) is 6.83. The first-order chi connectivity index (χ1) is 11.7. The largest absolute Gasteiger partial charge is 0.0993 e. The van der Waals surface area contributed by atoms with E-state index in [1.807, 2.05) is 0 Å². The quantitative estimate of drug-likeness (QED) is 0.446. The van der Waals surface area contributed by atoms with Gasteiger partial charge in [0, 0.05) is 0 Å². The Labute approximate surface area is 156 Å². The van der Waals surface area contributed by atoms with Crippen LogP contribution >= 0.6 is 0 Å². The minimum absolute atomic E-state index is 0.493. The highest BCUT2D eigenvalue weighted by Crippen LogP contribution is 2.77. The predicted octanol–water partition coefficient (Wildman–Crippen LogP) is 7.10. The van der Waals surface area contributed by atoms with E-state index < -0.39 is 0 Å². The Balaban J connectivity index is 1.57. The first-order valence-corrected chi connectivity index (χ1v) is 11.4. The van der Waals surface area contributed by atoms with Crippen LogP contribution in [0.4, 0.5) is 0 Å². The van der Waals surface area contributed by atoms with Gasteiger partial charge in [0.1, 0.15) is 0 Å². The molecular formula is C25H40. The molecule has 5 rings (SSSR count). The first-order valence-electron chi connectivity index (χ1n) is 11.4. The topological polar surface area (TPSA) is 0 Å². The van der Waals surface area contributed by atoms with Crippen molar-refractivity contribution in [2.45, 2.75) is 86.0 Å². The first kappa shape index (κ1) is 16.9. The highest BCUT2D eigenvalue weighted by Gasteiger charge is 2.69. The lowest BCUT2D eigenvalue weighted by molar-refractivity contribution is -0.0463. The van der Waals surface area contributed by atoms with Gasteiger partial charge in [-0.05, 0) is 109 Å². The smallest absolute Gasteiger partial charge is 0.00594 e. The van der Waals surface area contributed by atoms with E-state index in [2.05, 4.69) is 41.2 Å². The Morgan fingerprint density at radius 3 is 2.40 bits per heavy atom. The Kier molecular flexibility index (Phi) is 3.35. The molecule has 25 heavy (non-hydrogen) atoms. The molecule has 0 aromatic carbocycles. The predicted molar refractivity (Wildman–Crippen MR) is 106 cm³/mol. The molecule has 5 saturated carbocycles. The van der Waals surface area contributed by atoms with Crippen molar-refractivity contribution in [2.75, 3.05) is 0 Å². The Morgan fingerprint density at radius 2 is 1.68 bits per heavy atom. The molecule has 140 valence electrons. The van der Waals surface area contributed by atoms with Crippen molar-refractivity contribution in [3.63, 3.8) is 0 Å². The molecular weight excluding hydrogens is 300 g/mol. The lowest BCUT2D eigenvalue weighted by Crippen LogP contribution is -2.46. The summed E-state index contributed by atoms with van der Waals surface area (Å²) in [6.07, 6.45) is 11.9. The summed E-state index contributed by atoms with van der Waals surface area (Å²) >= 11 is 0. The van der Waals surface area contributed by atoms with Gasteiger partial charge in [-0.25, -0.2) is 0 Å². The van der Waals surface area contributed by atoms with Gasteiger partial charge in [-0.3, -0.25) is 0 Å². The van der Waals surface area contributed by atoms with Crippen molar-refractivity contribution in [3.8, 4) is 0 Å². The van der Waals surface area contributed by atoms with Crippen molar-refractivity contribution in [2.24, 2.45) is 57.7 Å². The third-order valence-corrected chi connectivity index (χ3v) is 11.0. The number of hydrogen-bond donors (Lipinski definition) is 0. The molecule has 5 aliphatic carbocycles. The maximum atomic E-state index is 4.59. The molecule has 5 aliphatic rings. The van der Waals surface area contributed by atoms with E-state index in [9.17, 15) is 0 Å². The Hall–Kier alpha value is -0.260. The molecule has 0 N–H and O–H groups in total. The highest BCUT2D eigenvalue weighted by molar-refractivity contribution is 5.27. The van der Waals surface area contributed by atoms with Gasteiger partial charge < -0.3 is 0 Å². The molecule has 0 nitrogen and oxygen atoms in total. The van der Waals surface area contributed by atoms with Crippen LogP contribution in [0.5, 0.6) is 0 Å². The molecule has 0 radical (unpaired) electrons. The van der Waals surface area contributed by atoms with E-state index >= 15 is 0 Å². The van der Waals surface area contributed by atoms with Crippen LogP contribution in [0.3, 0.4) is 0 Å². The van der Waals surface area contributed by atoms with Crippen LogP contribution < -0.4 is 0 Å². The average molecular weight is 341 g/mol. The Morgan fingerprint density at radius 1 is 0.960 bits per heavy atom. The van der Waals surface area contributed by atoms with E-state index in [1.54, 1.807) is 5.57 Å². The second-order valence-corrected chi connectivity index (χ2v) is 12.1. The highest BCUT2D eigenvalue weighted by atomic mass is 14.7. The lowest BCUT2D eigenvalue weighted by atomic mass is 9.52. The van der Waals surface area contributed by atoms with Crippen LogP contribution in [0.2, 0.25) is 0 Å². The summed E-state index contributed by atoms with van der Waals surface area (Å²) in [5.41, 5.74) is 3.41. The molecule has 0 aromatic rings. The molecule has 0 aliphatic heterocycles. The zero-order chi connectivity index (χ0) is 17.8. The van der Waals surface area contributed by atoms with Crippen molar-refractivity contribution in [1.82, 2.24) is 0 Å². The third-order valence-electron chi connectivity index (χ3n) is 11.0. The van der Waals surface area contributed by atoms with Gasteiger partial charge >= 0.3 is 0 Å². The maximum absolute atomic E-state index is 4.59. The van der Waals surface area contributed by atoms with Gasteiger partial charge in [0.25, 0.3) is 0 Å². The zero-order valence-electron chi connectivity index (χ0n) is 17.4. The minimum atomic E-state index is 0.493. The fourth-order valence-electron chi connectivity index (χ4n) is 9.63. The molecule has 0 heteroatoms. The normalized spacial score (nSPS) is 59.8. The van der Waals surface area contributed by atoms with Crippen LogP contribution in [0.25, 0.3) is 0 Å². The van der Waals surface area contributed by atoms with E-state index in [-0.39, 0.29) is 0 Å². The van der Waals surface area contributed by atoms with Gasteiger partial charge in [-0.15, -0.1) is 0 Å². The van der Waals surface area contributed by atoms with E-state index in [0.29, 0.717) is 16.2 Å². The molecule has 9 atom stereocenters. The fourth-order valence-corrected chi connectivity index (χ4v) is 9.63. The molecule has 0 amide bonds. The average Bonchev–Trinajstić information content (AvgIpc) is 3.20. The van der Waals surface area contributed by atoms with Crippen LogP contribution in [-0.2, 0) is 0 Å².